The molecule has 9 heteroatoms. The number of methoxy groups -OCH3 is 1. The highest BCUT2D eigenvalue weighted by Gasteiger charge is 2.21. The molecule has 0 saturated heterocycles. The second kappa shape index (κ2) is 7.95. The van der Waals surface area contributed by atoms with Gasteiger partial charge in [-0.1, -0.05) is 11.6 Å². The van der Waals surface area contributed by atoms with Gasteiger partial charge in [-0.2, -0.15) is 0 Å². The topological polar surface area (TPSA) is 89.4 Å². The Hall–Kier alpha value is -2.97. The average Bonchev–Trinajstić information content (AvgIpc) is 3.09. The van der Waals surface area contributed by atoms with Crippen LogP contribution >= 0.6 is 11.6 Å². The van der Waals surface area contributed by atoms with Gasteiger partial charge < -0.3 is 14.6 Å². The van der Waals surface area contributed by atoms with E-state index < -0.39 is 10.0 Å². The number of nitrogens with zero attached hydrogens (tertiary/aromatic N) is 1. The number of hydrogen-bond donors (Lipinski definition) is 2. The van der Waals surface area contributed by atoms with E-state index in [1.807, 2.05) is 0 Å². The van der Waals surface area contributed by atoms with Crippen molar-refractivity contribution < 1.29 is 17.9 Å². The second-order valence-electron chi connectivity index (χ2n) is 5.94. The number of halogens is 1. The number of nitrogens with one attached hydrogen (secondary N) is 2. The first kappa shape index (κ1) is 19.8. The van der Waals surface area contributed by atoms with Gasteiger partial charge in [0.2, 0.25) is 0 Å². The number of rotatable bonds is 6. The van der Waals surface area contributed by atoms with Gasteiger partial charge in [0.05, 0.1) is 7.11 Å². The first-order valence-electron chi connectivity index (χ1n) is 8.19. The summed E-state index contributed by atoms with van der Waals surface area (Å²) in [5.41, 5.74) is 1.12. The molecule has 0 unspecified atom stereocenters. The van der Waals surface area contributed by atoms with Crippen LogP contribution in [-0.2, 0) is 17.1 Å². The zero-order chi connectivity index (χ0) is 20.3. The molecule has 0 bridgehead atoms. The van der Waals surface area contributed by atoms with Crippen molar-refractivity contribution in [3.8, 4) is 5.75 Å². The fourth-order valence-corrected chi connectivity index (χ4v) is 3.97. The normalized spacial score (nSPS) is 11.1. The zero-order valence-corrected chi connectivity index (χ0v) is 16.7. The highest BCUT2D eigenvalue weighted by Crippen LogP contribution is 2.29. The molecule has 0 aliphatic heterocycles. The van der Waals surface area contributed by atoms with E-state index in [1.165, 1.54) is 19.2 Å². The Balaban J connectivity index is 1.91. The Morgan fingerprint density at radius 2 is 1.75 bits per heavy atom. The zero-order valence-electron chi connectivity index (χ0n) is 15.1. The maximum atomic E-state index is 12.8. The van der Waals surface area contributed by atoms with E-state index in [2.05, 4.69) is 10.0 Å². The lowest BCUT2D eigenvalue weighted by molar-refractivity contribution is 0.101. The molecule has 0 saturated carbocycles. The minimum absolute atomic E-state index is 0.102. The third-order valence-corrected chi connectivity index (χ3v) is 5.64. The van der Waals surface area contributed by atoms with Gasteiger partial charge in [0.25, 0.3) is 15.9 Å². The van der Waals surface area contributed by atoms with Crippen molar-refractivity contribution in [1.29, 1.82) is 0 Å². The molecule has 2 N–H and O–H groups in total. The van der Waals surface area contributed by atoms with Gasteiger partial charge in [-0.05, 0) is 54.6 Å². The lowest BCUT2D eigenvalue weighted by Crippen LogP contribution is -2.17. The molecule has 0 aliphatic carbocycles. The summed E-state index contributed by atoms with van der Waals surface area (Å²) in [6.45, 7) is 0. The first-order valence-corrected chi connectivity index (χ1v) is 10.1. The number of hydrogen-bond acceptors (Lipinski definition) is 4. The quantitative estimate of drug-likeness (QED) is 0.636. The lowest BCUT2D eigenvalue weighted by atomic mass is 10.3. The van der Waals surface area contributed by atoms with Gasteiger partial charge in [0.1, 0.15) is 16.3 Å². The predicted octanol–water partition coefficient (Wildman–Crippen LogP) is 3.74. The number of aryl methyl sites for hydroxylation is 1. The molecule has 3 rings (SSSR count). The van der Waals surface area contributed by atoms with E-state index in [-0.39, 0.29) is 16.6 Å². The summed E-state index contributed by atoms with van der Waals surface area (Å²) in [5.74, 6) is -0.204. The van der Waals surface area contributed by atoms with Gasteiger partial charge in [-0.15, -0.1) is 0 Å². The number of carbonyl (C=O) groups excluding carboxylic acids is 1. The smallest absolute Gasteiger partial charge is 0.272 e. The molecule has 28 heavy (non-hydrogen) atoms. The molecule has 2 aromatic carbocycles. The minimum atomic E-state index is -3.96. The van der Waals surface area contributed by atoms with Crippen LogP contribution in [0.5, 0.6) is 5.75 Å². The van der Waals surface area contributed by atoms with Crippen molar-refractivity contribution >= 4 is 38.9 Å². The number of amides is 1. The van der Waals surface area contributed by atoms with Gasteiger partial charge in [0, 0.05) is 29.6 Å². The molecule has 146 valence electrons. The van der Waals surface area contributed by atoms with Crippen molar-refractivity contribution in [2.45, 2.75) is 4.90 Å². The summed E-state index contributed by atoms with van der Waals surface area (Å²) < 4.78 is 35.0. The summed E-state index contributed by atoms with van der Waals surface area (Å²) in [4.78, 5) is 12.3. The molecule has 1 amide bonds. The summed E-state index contributed by atoms with van der Waals surface area (Å²) in [6, 6.07) is 14.1. The average molecular weight is 420 g/mol. The monoisotopic (exact) mass is 419 g/mol. The highest BCUT2D eigenvalue weighted by molar-refractivity contribution is 7.92. The maximum Gasteiger partial charge on any atom is 0.272 e. The third-order valence-electron chi connectivity index (χ3n) is 3.98. The Kier molecular flexibility index (Phi) is 5.62. The number of aromatic nitrogens is 1. The summed E-state index contributed by atoms with van der Waals surface area (Å²) >= 11 is 5.83. The van der Waals surface area contributed by atoms with Gasteiger partial charge in [-0.25, -0.2) is 8.42 Å². The molecule has 7 nitrogen and oxygen atoms in total. The third kappa shape index (κ3) is 4.29. The van der Waals surface area contributed by atoms with Crippen molar-refractivity contribution in [3.05, 3.63) is 71.5 Å². The van der Waals surface area contributed by atoms with E-state index in [0.717, 1.165) is 0 Å². The van der Waals surface area contributed by atoms with E-state index in [1.54, 1.807) is 60.3 Å². The molecular weight excluding hydrogens is 402 g/mol. The lowest BCUT2D eigenvalue weighted by Gasteiger charge is -2.14. The van der Waals surface area contributed by atoms with Crippen LogP contribution in [0.15, 0.2) is 65.7 Å². The standard InChI is InChI=1S/C19H18ClN3O4S/c1-23-11-3-4-16(23)19(24)21-15-9-10-17(27-2)18(12-15)28(25,26)22-14-7-5-13(20)6-8-14/h3-12,22H,1-2H3,(H,21,24). The molecule has 0 spiro atoms. The van der Waals surface area contributed by atoms with Crippen molar-refractivity contribution in [1.82, 2.24) is 4.57 Å². The van der Waals surface area contributed by atoms with Gasteiger partial charge in [-0.3, -0.25) is 9.52 Å². The van der Waals surface area contributed by atoms with Crippen LogP contribution in [0.2, 0.25) is 5.02 Å². The molecule has 0 aliphatic rings. The second-order valence-corrected chi connectivity index (χ2v) is 8.02. The van der Waals surface area contributed by atoms with Crippen molar-refractivity contribution in [2.24, 2.45) is 7.05 Å². The van der Waals surface area contributed by atoms with Crippen LogP contribution in [-0.4, -0.2) is 26.0 Å². The SMILES string of the molecule is COc1ccc(NC(=O)c2cccn2C)cc1S(=O)(=O)Nc1ccc(Cl)cc1. The van der Waals surface area contributed by atoms with E-state index in [9.17, 15) is 13.2 Å². The van der Waals surface area contributed by atoms with Crippen LogP contribution in [0.25, 0.3) is 0 Å². The van der Waals surface area contributed by atoms with Crippen LogP contribution in [0, 0.1) is 0 Å². The number of carbonyl (C=O) groups is 1. The summed E-state index contributed by atoms with van der Waals surface area (Å²) in [7, 11) is -0.845. The summed E-state index contributed by atoms with van der Waals surface area (Å²) in [5, 5.41) is 3.19. The molecule has 0 radical (unpaired) electrons. The molecule has 0 atom stereocenters. The van der Waals surface area contributed by atoms with E-state index >= 15 is 0 Å². The minimum Gasteiger partial charge on any atom is -0.495 e. The highest BCUT2D eigenvalue weighted by atomic mass is 35.5. The fourth-order valence-electron chi connectivity index (χ4n) is 2.58. The Labute approximate surface area is 167 Å². The van der Waals surface area contributed by atoms with Gasteiger partial charge in [0.15, 0.2) is 0 Å². The van der Waals surface area contributed by atoms with Gasteiger partial charge >= 0.3 is 0 Å². The number of anilines is 2. The van der Waals surface area contributed by atoms with Crippen molar-refractivity contribution in [3.63, 3.8) is 0 Å². The summed E-state index contributed by atoms with van der Waals surface area (Å²) in [6.07, 6.45) is 1.74. The Bertz CT molecular complexity index is 1110. The van der Waals surface area contributed by atoms with Crippen molar-refractivity contribution in [2.75, 3.05) is 17.1 Å². The number of benzene rings is 2. The number of ether oxygens (including phenoxy) is 1. The number of sulfonamides is 1. The largest absolute Gasteiger partial charge is 0.495 e. The Morgan fingerprint density at radius 3 is 2.36 bits per heavy atom. The molecule has 3 aromatic rings. The first-order chi connectivity index (χ1) is 13.3. The molecular formula is C19H18ClN3O4S. The predicted molar refractivity (Wildman–Crippen MR) is 109 cm³/mol. The molecule has 1 aromatic heterocycles. The van der Waals surface area contributed by atoms with Crippen LogP contribution in [0.1, 0.15) is 10.5 Å². The van der Waals surface area contributed by atoms with Crippen LogP contribution in [0.4, 0.5) is 11.4 Å². The molecule has 0 fully saturated rings. The fraction of sp³-hybridized carbons (Fsp3) is 0.105. The van der Waals surface area contributed by atoms with Crippen LogP contribution < -0.4 is 14.8 Å². The van der Waals surface area contributed by atoms with E-state index in [0.29, 0.717) is 22.1 Å². The maximum absolute atomic E-state index is 12.8. The molecule has 1 heterocycles. The van der Waals surface area contributed by atoms with Crippen LogP contribution in [0.3, 0.4) is 0 Å². The Morgan fingerprint density at radius 1 is 1.07 bits per heavy atom. The van der Waals surface area contributed by atoms with E-state index in [4.69, 9.17) is 16.3 Å².